The maximum atomic E-state index is 13.7. The van der Waals surface area contributed by atoms with Crippen molar-refractivity contribution in [3.63, 3.8) is 0 Å². The molecule has 0 radical (unpaired) electrons. The first kappa shape index (κ1) is 36.6. The number of amides is 2. The lowest BCUT2D eigenvalue weighted by atomic mass is 9.99. The number of nitrogens with zero attached hydrogens (tertiary/aromatic N) is 2. The Labute approximate surface area is 272 Å². The average molecular weight is 644 g/mol. The molecule has 2 amide bonds. The zero-order valence-corrected chi connectivity index (χ0v) is 27.6. The fourth-order valence-electron chi connectivity index (χ4n) is 4.89. The second-order valence-corrected chi connectivity index (χ2v) is 11.0. The van der Waals surface area contributed by atoms with Crippen LogP contribution in [-0.2, 0) is 35.1 Å². The van der Waals surface area contributed by atoms with E-state index in [1.54, 1.807) is 37.0 Å². The summed E-state index contributed by atoms with van der Waals surface area (Å²) in [5.74, 6) is -0.154. The van der Waals surface area contributed by atoms with Crippen LogP contribution in [0.5, 0.6) is 11.5 Å². The van der Waals surface area contributed by atoms with E-state index in [0.717, 1.165) is 19.3 Å². The van der Waals surface area contributed by atoms with Gasteiger partial charge in [-0.1, -0.05) is 30.3 Å². The summed E-state index contributed by atoms with van der Waals surface area (Å²) in [6, 6.07) is 3.04. The number of carbonyl (C=O) groups is 3. The lowest BCUT2D eigenvalue weighted by Crippen LogP contribution is -2.37. The lowest BCUT2D eigenvalue weighted by Gasteiger charge is -2.26. The van der Waals surface area contributed by atoms with Gasteiger partial charge in [0.1, 0.15) is 23.2 Å². The Bertz CT molecular complexity index is 1220. The zero-order valence-electron chi connectivity index (χ0n) is 27.6. The number of carbonyl (C=O) groups excluding carboxylic acids is 3. The van der Waals surface area contributed by atoms with Gasteiger partial charge in [-0.2, -0.15) is 0 Å². The number of likely N-dealkylation sites (tertiary alicyclic amines) is 1. The lowest BCUT2D eigenvalue weighted by molar-refractivity contribution is -0.137. The van der Waals surface area contributed by atoms with E-state index in [9.17, 15) is 14.4 Å². The Balaban J connectivity index is 2.02. The van der Waals surface area contributed by atoms with Crippen LogP contribution in [0.2, 0.25) is 0 Å². The first-order valence-electron chi connectivity index (χ1n) is 16.2. The summed E-state index contributed by atoms with van der Waals surface area (Å²) >= 11 is 0. The highest BCUT2D eigenvalue weighted by Gasteiger charge is 2.25. The number of ether oxygens (including phenoxy) is 5. The standard InChI is InChI=1S/C34H49N3O9/c1-5-31(38)35-27-14-11-13-25(4)46-34(40)33-26(20-29(43-23-41-6-2)21-30(33)44-24-42-7-3)19-28(16-12-15-27)36-45-22-32(39)37-17-9-8-10-18-37/h11-12,14,16,20-21,25,27H,5-10,13,15,17-19,22-24H2,1-4H3,(H,35,38)/b14-11+,16-12+,36-28?/t25-,27+/m1/s1. The maximum absolute atomic E-state index is 13.7. The summed E-state index contributed by atoms with van der Waals surface area (Å²) in [6.07, 6.45) is 11.4. The van der Waals surface area contributed by atoms with Crippen molar-refractivity contribution >= 4 is 23.5 Å². The SMILES string of the molecule is CCOCOc1cc2c(c(OCOCC)c1)C(=O)O[C@H](C)C/C=C/[C@H](NC(=O)CC)C/C=C/C(=NOCC(=O)N1CCCCC1)C2. The highest BCUT2D eigenvalue weighted by Crippen LogP contribution is 2.32. The van der Waals surface area contributed by atoms with Crippen molar-refractivity contribution < 1.29 is 42.9 Å². The molecule has 2 atom stereocenters. The van der Waals surface area contributed by atoms with Gasteiger partial charge >= 0.3 is 5.97 Å². The number of cyclic esters (lactones) is 1. The van der Waals surface area contributed by atoms with Crippen molar-refractivity contribution in [2.75, 3.05) is 46.5 Å². The van der Waals surface area contributed by atoms with Gasteiger partial charge in [0, 0.05) is 51.6 Å². The van der Waals surface area contributed by atoms with E-state index in [-0.39, 0.29) is 55.8 Å². The van der Waals surface area contributed by atoms with Gasteiger partial charge in [-0.05, 0) is 64.2 Å². The van der Waals surface area contributed by atoms with Crippen LogP contribution in [-0.4, -0.2) is 87.0 Å². The number of esters is 1. The molecule has 2 heterocycles. The molecule has 0 unspecified atom stereocenters. The van der Waals surface area contributed by atoms with E-state index in [1.165, 1.54) is 0 Å². The van der Waals surface area contributed by atoms with Crippen molar-refractivity contribution in [3.8, 4) is 11.5 Å². The number of nitrogens with one attached hydrogen (secondary N) is 1. The van der Waals surface area contributed by atoms with Crippen LogP contribution in [0, 0.1) is 0 Å². The second-order valence-electron chi connectivity index (χ2n) is 11.0. The van der Waals surface area contributed by atoms with Crippen molar-refractivity contribution in [2.45, 2.75) is 84.8 Å². The maximum Gasteiger partial charge on any atom is 0.342 e. The number of hydrogen-bond acceptors (Lipinski definition) is 10. The average Bonchev–Trinajstić information content (AvgIpc) is 3.04. The molecule has 1 N–H and O–H groups in total. The highest BCUT2D eigenvalue weighted by atomic mass is 16.7. The molecule has 0 saturated carbocycles. The van der Waals surface area contributed by atoms with Crippen LogP contribution in [0.1, 0.15) is 82.1 Å². The smallest absolute Gasteiger partial charge is 0.342 e. The largest absolute Gasteiger partial charge is 0.467 e. The molecule has 1 aromatic rings. The van der Waals surface area contributed by atoms with Crippen molar-refractivity contribution in [2.24, 2.45) is 5.16 Å². The fraction of sp³-hybridized carbons (Fsp3) is 0.588. The third-order valence-electron chi connectivity index (χ3n) is 7.34. The van der Waals surface area contributed by atoms with Gasteiger partial charge < -0.3 is 38.7 Å². The Hall–Kier alpha value is -3.90. The van der Waals surface area contributed by atoms with Gasteiger partial charge in [0.05, 0.1) is 11.8 Å². The third-order valence-corrected chi connectivity index (χ3v) is 7.34. The summed E-state index contributed by atoms with van der Waals surface area (Å²) in [4.78, 5) is 46.0. The number of allylic oxidation sites excluding steroid dienone is 1. The van der Waals surface area contributed by atoms with Crippen LogP contribution in [0.3, 0.4) is 0 Å². The summed E-state index contributed by atoms with van der Waals surface area (Å²) < 4.78 is 28.4. The van der Waals surface area contributed by atoms with Gasteiger partial charge in [0.25, 0.3) is 5.91 Å². The van der Waals surface area contributed by atoms with E-state index in [2.05, 4.69) is 10.5 Å². The molecule has 12 heteroatoms. The van der Waals surface area contributed by atoms with Gasteiger partial charge in [-0.15, -0.1) is 0 Å². The minimum Gasteiger partial charge on any atom is -0.467 e. The molecule has 0 aliphatic carbocycles. The summed E-state index contributed by atoms with van der Waals surface area (Å²) in [6.45, 7) is 9.31. The summed E-state index contributed by atoms with van der Waals surface area (Å²) in [5, 5.41) is 7.33. The monoisotopic (exact) mass is 643 g/mol. The Morgan fingerprint density at radius 2 is 1.74 bits per heavy atom. The van der Waals surface area contributed by atoms with E-state index < -0.39 is 12.1 Å². The molecule has 1 aromatic carbocycles. The van der Waals surface area contributed by atoms with Gasteiger partial charge in [0.15, 0.2) is 20.2 Å². The normalized spacial score (nSPS) is 21.3. The van der Waals surface area contributed by atoms with Crippen LogP contribution >= 0.6 is 0 Å². The van der Waals surface area contributed by atoms with Crippen LogP contribution in [0.4, 0.5) is 0 Å². The first-order valence-corrected chi connectivity index (χ1v) is 16.2. The molecule has 0 spiro atoms. The summed E-state index contributed by atoms with van der Waals surface area (Å²) in [5.41, 5.74) is 1.15. The Kier molecular flexibility index (Phi) is 16.1. The topological polar surface area (TPSA) is 134 Å². The van der Waals surface area contributed by atoms with Crippen molar-refractivity contribution in [1.82, 2.24) is 10.2 Å². The van der Waals surface area contributed by atoms with E-state index in [0.29, 0.717) is 62.6 Å². The highest BCUT2D eigenvalue weighted by molar-refractivity contribution is 6.00. The molecule has 254 valence electrons. The van der Waals surface area contributed by atoms with Gasteiger partial charge in [0.2, 0.25) is 5.91 Å². The van der Waals surface area contributed by atoms with E-state index in [4.69, 9.17) is 28.5 Å². The minimum atomic E-state index is -0.587. The quantitative estimate of drug-likeness (QED) is 0.107. The van der Waals surface area contributed by atoms with Crippen LogP contribution in [0.25, 0.3) is 0 Å². The van der Waals surface area contributed by atoms with Gasteiger partial charge in [-0.25, -0.2) is 4.79 Å². The molecular weight excluding hydrogens is 594 g/mol. The number of oxime groups is 1. The number of piperidine rings is 1. The minimum absolute atomic E-state index is 0.00143. The molecular formula is C34H49N3O9. The number of fused-ring (bicyclic) bond motifs is 1. The molecule has 46 heavy (non-hydrogen) atoms. The summed E-state index contributed by atoms with van der Waals surface area (Å²) in [7, 11) is 0. The molecule has 2 aliphatic rings. The number of hydrogen-bond donors (Lipinski definition) is 1. The third kappa shape index (κ3) is 12.5. The molecule has 12 nitrogen and oxygen atoms in total. The van der Waals surface area contributed by atoms with Gasteiger partial charge in [-0.3, -0.25) is 9.59 Å². The molecule has 3 rings (SSSR count). The van der Waals surface area contributed by atoms with Crippen LogP contribution in [0.15, 0.2) is 41.6 Å². The van der Waals surface area contributed by atoms with E-state index in [1.807, 2.05) is 32.1 Å². The molecule has 1 saturated heterocycles. The van der Waals surface area contributed by atoms with E-state index >= 15 is 0 Å². The Morgan fingerprint density at radius 1 is 1.00 bits per heavy atom. The van der Waals surface area contributed by atoms with Crippen molar-refractivity contribution in [3.05, 3.63) is 47.6 Å². The van der Waals surface area contributed by atoms with Crippen molar-refractivity contribution in [1.29, 1.82) is 0 Å². The predicted molar refractivity (Wildman–Crippen MR) is 173 cm³/mol. The first-order chi connectivity index (χ1) is 22.3. The molecule has 2 aliphatic heterocycles. The Morgan fingerprint density at radius 3 is 2.46 bits per heavy atom. The number of benzene rings is 1. The molecule has 0 aromatic heterocycles. The fourth-order valence-corrected chi connectivity index (χ4v) is 4.89. The second kappa shape index (κ2) is 20.3. The molecule has 1 fully saturated rings. The van der Waals surface area contributed by atoms with Crippen LogP contribution < -0.4 is 14.8 Å². The molecule has 0 bridgehead atoms. The zero-order chi connectivity index (χ0) is 33.1. The number of rotatable bonds is 13. The predicted octanol–water partition coefficient (Wildman–Crippen LogP) is 4.71.